The second-order valence-corrected chi connectivity index (χ2v) is 9.86. The normalized spacial score (nSPS) is 14.2. The first-order chi connectivity index (χ1) is 13.7. The molecule has 0 radical (unpaired) electrons. The van der Waals surface area contributed by atoms with Gasteiger partial charge in [-0.2, -0.15) is 9.82 Å². The molecule has 1 aliphatic carbocycles. The standard InChI is InChI=1S/C19H21N5O3S2/c1-11-4-6-13(7-5-11)29(26,27)23-12(2)18(25)22-19-21-17-14-10-20-24(3)15(14)8-9-16(17)28-19/h4-7,10,12,23H,8-9H2,1-3H3,(H,21,22,25)/t12-/m1/s1. The summed E-state index contributed by atoms with van der Waals surface area (Å²) in [7, 11) is -1.89. The van der Waals surface area contributed by atoms with E-state index in [4.69, 9.17) is 0 Å². The lowest BCUT2D eigenvalue weighted by atomic mass is 10.0. The van der Waals surface area contributed by atoms with Gasteiger partial charge >= 0.3 is 0 Å². The highest BCUT2D eigenvalue weighted by Crippen LogP contribution is 2.37. The second kappa shape index (κ2) is 7.36. The number of hydrogen-bond acceptors (Lipinski definition) is 6. The van der Waals surface area contributed by atoms with Crippen molar-refractivity contribution in [3.63, 3.8) is 0 Å². The molecule has 0 saturated carbocycles. The van der Waals surface area contributed by atoms with Crippen LogP contribution in [0.1, 0.15) is 23.1 Å². The van der Waals surface area contributed by atoms with Crippen molar-refractivity contribution in [1.29, 1.82) is 0 Å². The van der Waals surface area contributed by atoms with E-state index in [1.165, 1.54) is 30.4 Å². The van der Waals surface area contributed by atoms with Crippen LogP contribution in [0.15, 0.2) is 35.4 Å². The molecule has 152 valence electrons. The number of nitrogens with zero attached hydrogens (tertiary/aromatic N) is 3. The van der Waals surface area contributed by atoms with Crippen molar-refractivity contribution in [2.45, 2.75) is 37.6 Å². The number of anilines is 1. The Balaban J connectivity index is 1.47. The molecule has 0 saturated heterocycles. The highest BCUT2D eigenvalue weighted by Gasteiger charge is 2.26. The molecule has 29 heavy (non-hydrogen) atoms. The van der Waals surface area contributed by atoms with Crippen LogP contribution in [0.4, 0.5) is 5.13 Å². The predicted octanol–water partition coefficient (Wildman–Crippen LogP) is 2.26. The van der Waals surface area contributed by atoms with Gasteiger partial charge in [-0.1, -0.05) is 17.7 Å². The molecule has 0 bridgehead atoms. The average Bonchev–Trinajstić information content (AvgIpc) is 3.24. The Morgan fingerprint density at radius 2 is 1.97 bits per heavy atom. The molecule has 4 rings (SSSR count). The second-order valence-electron chi connectivity index (χ2n) is 7.06. The third kappa shape index (κ3) is 3.83. The molecule has 1 amide bonds. The number of hydrogen-bond donors (Lipinski definition) is 2. The summed E-state index contributed by atoms with van der Waals surface area (Å²) in [6, 6.07) is 5.51. The smallest absolute Gasteiger partial charge is 0.244 e. The molecular formula is C19H21N5O3S2. The number of fused-ring (bicyclic) bond motifs is 3. The Kier molecular flexibility index (Phi) is 5.01. The summed E-state index contributed by atoms with van der Waals surface area (Å²) in [5.74, 6) is -0.460. The van der Waals surface area contributed by atoms with Gasteiger partial charge in [0.1, 0.15) is 0 Å². The zero-order valence-corrected chi connectivity index (χ0v) is 17.9. The summed E-state index contributed by atoms with van der Waals surface area (Å²) in [5.41, 5.74) is 3.91. The number of sulfonamides is 1. The molecule has 0 fully saturated rings. The van der Waals surface area contributed by atoms with E-state index in [1.807, 2.05) is 18.7 Å². The molecular weight excluding hydrogens is 410 g/mol. The summed E-state index contributed by atoms with van der Waals surface area (Å²) in [4.78, 5) is 18.3. The predicted molar refractivity (Wildman–Crippen MR) is 111 cm³/mol. The van der Waals surface area contributed by atoms with Gasteiger partial charge in [0, 0.05) is 23.2 Å². The van der Waals surface area contributed by atoms with Gasteiger partial charge in [0.2, 0.25) is 15.9 Å². The lowest BCUT2D eigenvalue weighted by Crippen LogP contribution is -2.41. The number of thiazole rings is 1. The number of rotatable bonds is 5. The molecule has 2 heterocycles. The number of benzene rings is 1. The Bertz CT molecular complexity index is 1180. The summed E-state index contributed by atoms with van der Waals surface area (Å²) in [6.07, 6.45) is 3.50. The van der Waals surface area contributed by atoms with E-state index in [0.29, 0.717) is 5.13 Å². The SMILES string of the molecule is Cc1ccc(S(=O)(=O)N[C@H](C)C(=O)Nc2nc3c(s2)CCc2c-3cnn2C)cc1. The van der Waals surface area contributed by atoms with Crippen molar-refractivity contribution in [3.8, 4) is 11.3 Å². The van der Waals surface area contributed by atoms with E-state index >= 15 is 0 Å². The Labute approximate surface area is 173 Å². The topological polar surface area (TPSA) is 106 Å². The van der Waals surface area contributed by atoms with Crippen molar-refractivity contribution >= 4 is 32.4 Å². The summed E-state index contributed by atoms with van der Waals surface area (Å²) in [6.45, 7) is 3.38. The first-order valence-electron chi connectivity index (χ1n) is 9.15. The van der Waals surface area contributed by atoms with Crippen LogP contribution in [0.3, 0.4) is 0 Å². The van der Waals surface area contributed by atoms with Crippen LogP contribution >= 0.6 is 11.3 Å². The van der Waals surface area contributed by atoms with Gasteiger partial charge in [0.05, 0.1) is 22.8 Å². The van der Waals surface area contributed by atoms with Crippen LogP contribution in [-0.2, 0) is 34.7 Å². The quantitative estimate of drug-likeness (QED) is 0.645. The summed E-state index contributed by atoms with van der Waals surface area (Å²) < 4.78 is 29.3. The van der Waals surface area contributed by atoms with Gasteiger partial charge in [0.15, 0.2) is 5.13 Å². The summed E-state index contributed by atoms with van der Waals surface area (Å²) in [5, 5.41) is 7.48. The van der Waals surface area contributed by atoms with Gasteiger partial charge in [-0.3, -0.25) is 9.48 Å². The first kappa shape index (κ1) is 19.7. The van der Waals surface area contributed by atoms with Crippen LogP contribution in [0.2, 0.25) is 0 Å². The zero-order valence-electron chi connectivity index (χ0n) is 16.3. The number of aromatic nitrogens is 3. The van der Waals surface area contributed by atoms with Gasteiger partial charge < -0.3 is 5.32 Å². The first-order valence-corrected chi connectivity index (χ1v) is 11.5. The van der Waals surface area contributed by atoms with Crippen LogP contribution in [0.5, 0.6) is 0 Å². The molecule has 1 atom stereocenters. The average molecular weight is 432 g/mol. The van der Waals surface area contributed by atoms with Gasteiger partial charge in [-0.15, -0.1) is 11.3 Å². The Morgan fingerprint density at radius 1 is 1.24 bits per heavy atom. The molecule has 0 spiro atoms. The molecule has 10 heteroatoms. The third-order valence-corrected chi connectivity index (χ3v) is 7.48. The van der Waals surface area contributed by atoms with Crippen LogP contribution in [0, 0.1) is 6.92 Å². The van der Waals surface area contributed by atoms with Crippen molar-refractivity contribution in [3.05, 3.63) is 46.6 Å². The zero-order chi connectivity index (χ0) is 20.8. The molecule has 2 aromatic heterocycles. The molecule has 0 unspecified atom stereocenters. The minimum absolute atomic E-state index is 0.122. The van der Waals surface area contributed by atoms with E-state index in [-0.39, 0.29) is 4.90 Å². The fraction of sp³-hybridized carbons (Fsp3) is 0.316. The molecule has 1 aliphatic rings. The Morgan fingerprint density at radius 3 is 2.69 bits per heavy atom. The van der Waals surface area contributed by atoms with Crippen molar-refractivity contribution in [1.82, 2.24) is 19.5 Å². The highest BCUT2D eigenvalue weighted by atomic mass is 32.2. The lowest BCUT2D eigenvalue weighted by molar-refractivity contribution is -0.117. The number of carbonyl (C=O) groups is 1. The Hall–Kier alpha value is -2.56. The van der Waals surface area contributed by atoms with Crippen LogP contribution in [-0.4, -0.2) is 35.1 Å². The molecule has 1 aromatic carbocycles. The van der Waals surface area contributed by atoms with Crippen LogP contribution in [0.25, 0.3) is 11.3 Å². The molecule has 2 N–H and O–H groups in total. The maximum atomic E-state index is 12.6. The fourth-order valence-electron chi connectivity index (χ4n) is 3.26. The highest BCUT2D eigenvalue weighted by molar-refractivity contribution is 7.89. The number of carbonyl (C=O) groups excluding carboxylic acids is 1. The monoisotopic (exact) mass is 431 g/mol. The van der Waals surface area contributed by atoms with E-state index in [9.17, 15) is 13.2 Å². The van der Waals surface area contributed by atoms with Crippen molar-refractivity contribution in [2.24, 2.45) is 7.05 Å². The fourth-order valence-corrected chi connectivity index (χ4v) is 5.44. The maximum Gasteiger partial charge on any atom is 0.244 e. The van der Waals surface area contributed by atoms with Crippen LogP contribution < -0.4 is 10.0 Å². The minimum Gasteiger partial charge on any atom is -0.301 e. The van der Waals surface area contributed by atoms with Crippen molar-refractivity contribution in [2.75, 3.05) is 5.32 Å². The minimum atomic E-state index is -3.79. The van der Waals surface area contributed by atoms with Crippen molar-refractivity contribution < 1.29 is 13.2 Å². The van der Waals surface area contributed by atoms with E-state index in [1.54, 1.807) is 18.3 Å². The summed E-state index contributed by atoms with van der Waals surface area (Å²) >= 11 is 1.41. The van der Waals surface area contributed by atoms with Gasteiger partial charge in [0.25, 0.3) is 0 Å². The van der Waals surface area contributed by atoms with E-state index in [0.717, 1.165) is 40.2 Å². The lowest BCUT2D eigenvalue weighted by Gasteiger charge is -2.13. The van der Waals surface area contributed by atoms with Gasteiger partial charge in [-0.05, 0) is 38.8 Å². The third-order valence-electron chi connectivity index (χ3n) is 4.89. The molecule has 8 nitrogen and oxygen atoms in total. The number of nitrogens with one attached hydrogen (secondary N) is 2. The molecule has 0 aliphatic heterocycles. The van der Waals surface area contributed by atoms with E-state index in [2.05, 4.69) is 20.1 Å². The maximum absolute atomic E-state index is 12.6. The van der Waals surface area contributed by atoms with Gasteiger partial charge in [-0.25, -0.2) is 13.4 Å². The molecule has 3 aromatic rings. The number of amides is 1. The van der Waals surface area contributed by atoms with E-state index < -0.39 is 22.0 Å². The number of aryl methyl sites for hydroxylation is 3. The largest absolute Gasteiger partial charge is 0.301 e.